The van der Waals surface area contributed by atoms with Crippen molar-refractivity contribution in [1.29, 1.82) is 0 Å². The van der Waals surface area contributed by atoms with Crippen molar-refractivity contribution in [3.8, 4) is 0 Å². The minimum absolute atomic E-state index is 0.221. The van der Waals surface area contributed by atoms with E-state index in [1.807, 2.05) is 93.7 Å². The molecule has 7 heteroatoms. The molecule has 3 aromatic carbocycles. The number of amides is 3. The van der Waals surface area contributed by atoms with E-state index in [2.05, 4.69) is 16.7 Å². The first-order valence-electron chi connectivity index (χ1n) is 13.9. The summed E-state index contributed by atoms with van der Waals surface area (Å²) in [6.45, 7) is 4.35. The molecular weight excluding hydrogens is 500 g/mol. The highest BCUT2D eigenvalue weighted by molar-refractivity contribution is 5.95. The Kier molecular flexibility index (Phi) is 11.5. The van der Waals surface area contributed by atoms with Gasteiger partial charge < -0.3 is 20.4 Å². The zero-order valence-corrected chi connectivity index (χ0v) is 24.3. The van der Waals surface area contributed by atoms with E-state index in [-0.39, 0.29) is 23.8 Å². The van der Waals surface area contributed by atoms with E-state index in [1.165, 1.54) is 15.9 Å². The van der Waals surface area contributed by atoms with Crippen LogP contribution in [0.2, 0.25) is 0 Å². The van der Waals surface area contributed by atoms with E-state index in [4.69, 9.17) is 0 Å². The number of nitrogens with zero attached hydrogens (tertiary/aromatic N) is 2. The summed E-state index contributed by atoms with van der Waals surface area (Å²) in [6.07, 6.45) is 4.74. The number of carbonyl (C=O) groups is 3. The summed E-state index contributed by atoms with van der Waals surface area (Å²) in [5.41, 5.74) is 1.89. The summed E-state index contributed by atoms with van der Waals surface area (Å²) in [5.74, 6) is -0.761. The van der Waals surface area contributed by atoms with Crippen LogP contribution in [0.1, 0.15) is 31.4 Å². The van der Waals surface area contributed by atoms with Crippen molar-refractivity contribution in [1.82, 2.24) is 20.4 Å². The van der Waals surface area contributed by atoms with E-state index in [9.17, 15) is 14.4 Å². The number of benzene rings is 3. The molecule has 2 N–H and O–H groups in total. The van der Waals surface area contributed by atoms with E-state index < -0.39 is 12.1 Å². The number of fused-ring (bicyclic) bond motifs is 1. The molecule has 0 aromatic heterocycles. The molecule has 212 valence electrons. The number of nitrogens with one attached hydrogen (secondary N) is 2. The van der Waals surface area contributed by atoms with Crippen LogP contribution in [0, 0.1) is 0 Å². The standard InChI is InChI=1S/C33H42N4O3/c1-6-35-32(39)29(22-25-14-8-7-9-15-25)37(5)33(40)30(36(4)31(38)18-12-13-24(2)34-3)23-26-19-20-27-16-10-11-17-28(27)21-26/h7-12,14-21,24,29-30,34H,6,13,22-23H2,1-5H3,(H,35,39)/t24?,29-,30-/m1/s1. The summed E-state index contributed by atoms with van der Waals surface area (Å²) in [7, 11) is 5.19. The van der Waals surface area contributed by atoms with Gasteiger partial charge in [0, 0.05) is 39.5 Å². The molecule has 0 spiro atoms. The molecule has 0 bridgehead atoms. The van der Waals surface area contributed by atoms with Crippen LogP contribution < -0.4 is 10.6 Å². The maximum absolute atomic E-state index is 14.1. The first kappa shape index (κ1) is 30.6. The highest BCUT2D eigenvalue weighted by atomic mass is 16.2. The highest BCUT2D eigenvalue weighted by Gasteiger charge is 2.34. The maximum atomic E-state index is 14.1. The van der Waals surface area contributed by atoms with Gasteiger partial charge in [0.05, 0.1) is 0 Å². The van der Waals surface area contributed by atoms with Gasteiger partial charge in [0.2, 0.25) is 17.7 Å². The summed E-state index contributed by atoms with van der Waals surface area (Å²) >= 11 is 0. The molecular formula is C33H42N4O3. The van der Waals surface area contributed by atoms with Gasteiger partial charge in [0.15, 0.2) is 0 Å². The summed E-state index contributed by atoms with van der Waals surface area (Å²) < 4.78 is 0. The summed E-state index contributed by atoms with van der Waals surface area (Å²) in [4.78, 5) is 43.5. The lowest BCUT2D eigenvalue weighted by Crippen LogP contribution is -2.55. The SMILES string of the molecule is CCNC(=O)[C@@H](Cc1ccccc1)N(C)C(=O)[C@@H](Cc1ccc2ccccc2c1)N(C)C(=O)C=CCC(C)NC. The van der Waals surface area contributed by atoms with Gasteiger partial charge >= 0.3 is 0 Å². The molecule has 0 heterocycles. The fourth-order valence-corrected chi connectivity index (χ4v) is 4.66. The molecule has 1 unspecified atom stereocenters. The van der Waals surface area contributed by atoms with Crippen LogP contribution in [0.15, 0.2) is 84.9 Å². The highest BCUT2D eigenvalue weighted by Crippen LogP contribution is 2.20. The number of hydrogen-bond acceptors (Lipinski definition) is 4. The Morgan fingerprint density at radius 3 is 2.15 bits per heavy atom. The lowest BCUT2D eigenvalue weighted by atomic mass is 9.98. The zero-order chi connectivity index (χ0) is 29.1. The van der Waals surface area contributed by atoms with Crippen LogP contribution in [-0.2, 0) is 27.2 Å². The first-order valence-corrected chi connectivity index (χ1v) is 13.9. The Morgan fingerprint density at radius 1 is 0.825 bits per heavy atom. The molecule has 0 aliphatic heterocycles. The Morgan fingerprint density at radius 2 is 1.48 bits per heavy atom. The van der Waals surface area contributed by atoms with Crippen LogP contribution in [0.3, 0.4) is 0 Å². The predicted octanol–water partition coefficient (Wildman–Crippen LogP) is 3.97. The molecule has 3 atom stereocenters. The quantitative estimate of drug-likeness (QED) is 0.320. The van der Waals surface area contributed by atoms with Gasteiger partial charge in [-0.3, -0.25) is 14.4 Å². The van der Waals surface area contributed by atoms with Crippen LogP contribution in [0.4, 0.5) is 0 Å². The van der Waals surface area contributed by atoms with Crippen LogP contribution in [-0.4, -0.2) is 73.3 Å². The maximum Gasteiger partial charge on any atom is 0.246 e. The van der Waals surface area contributed by atoms with Gasteiger partial charge in [-0.25, -0.2) is 0 Å². The molecule has 0 saturated heterocycles. The number of hydrogen-bond donors (Lipinski definition) is 2. The molecule has 7 nitrogen and oxygen atoms in total. The van der Waals surface area contributed by atoms with Crippen molar-refractivity contribution in [3.05, 3.63) is 96.1 Å². The second kappa shape index (κ2) is 15.0. The summed E-state index contributed by atoms with van der Waals surface area (Å²) in [5, 5.41) is 8.20. The second-order valence-corrected chi connectivity index (χ2v) is 10.2. The Bertz CT molecular complexity index is 1310. The molecule has 0 radical (unpaired) electrons. The number of likely N-dealkylation sites (N-methyl/N-ethyl adjacent to an activating group) is 3. The van der Waals surface area contributed by atoms with Gasteiger partial charge in [-0.2, -0.15) is 0 Å². The van der Waals surface area contributed by atoms with E-state index in [0.29, 0.717) is 25.8 Å². The Labute approximate surface area is 238 Å². The van der Waals surface area contributed by atoms with Crippen molar-refractivity contribution < 1.29 is 14.4 Å². The molecule has 0 aliphatic carbocycles. The third kappa shape index (κ3) is 8.26. The van der Waals surface area contributed by atoms with Crippen molar-refractivity contribution in [2.45, 2.75) is 51.2 Å². The van der Waals surface area contributed by atoms with Crippen LogP contribution in [0.25, 0.3) is 10.8 Å². The largest absolute Gasteiger partial charge is 0.355 e. The first-order chi connectivity index (χ1) is 19.2. The third-order valence-electron chi connectivity index (χ3n) is 7.33. The molecule has 0 aliphatic rings. The predicted molar refractivity (Wildman–Crippen MR) is 162 cm³/mol. The van der Waals surface area contributed by atoms with Gasteiger partial charge in [0.1, 0.15) is 12.1 Å². The van der Waals surface area contributed by atoms with Crippen LogP contribution >= 0.6 is 0 Å². The van der Waals surface area contributed by atoms with Gasteiger partial charge in [0.25, 0.3) is 0 Å². The second-order valence-electron chi connectivity index (χ2n) is 10.2. The lowest BCUT2D eigenvalue weighted by Gasteiger charge is -2.34. The normalized spacial score (nSPS) is 13.5. The van der Waals surface area contributed by atoms with Gasteiger partial charge in [-0.1, -0.05) is 78.9 Å². The lowest BCUT2D eigenvalue weighted by molar-refractivity contribution is -0.146. The molecule has 3 aromatic rings. The van der Waals surface area contributed by atoms with E-state index >= 15 is 0 Å². The van der Waals surface area contributed by atoms with Gasteiger partial charge in [-0.15, -0.1) is 0 Å². The fraction of sp³-hybridized carbons (Fsp3) is 0.364. The van der Waals surface area contributed by atoms with Crippen molar-refractivity contribution in [2.24, 2.45) is 0 Å². The monoisotopic (exact) mass is 542 g/mol. The molecule has 3 amide bonds. The molecule has 0 saturated carbocycles. The van der Waals surface area contributed by atoms with Crippen molar-refractivity contribution >= 4 is 28.5 Å². The van der Waals surface area contributed by atoms with E-state index in [0.717, 1.165) is 21.9 Å². The summed E-state index contributed by atoms with van der Waals surface area (Å²) in [6, 6.07) is 22.5. The minimum atomic E-state index is -0.794. The van der Waals surface area contributed by atoms with Crippen molar-refractivity contribution in [2.75, 3.05) is 27.7 Å². The Balaban J connectivity index is 1.93. The average molecular weight is 543 g/mol. The smallest absolute Gasteiger partial charge is 0.246 e. The van der Waals surface area contributed by atoms with Crippen LogP contribution in [0.5, 0.6) is 0 Å². The van der Waals surface area contributed by atoms with Crippen molar-refractivity contribution in [3.63, 3.8) is 0 Å². The number of carbonyl (C=O) groups excluding carboxylic acids is 3. The van der Waals surface area contributed by atoms with E-state index in [1.54, 1.807) is 14.1 Å². The third-order valence-corrected chi connectivity index (χ3v) is 7.33. The van der Waals surface area contributed by atoms with Gasteiger partial charge in [-0.05, 0) is 55.3 Å². The Hall–Kier alpha value is -3.97. The zero-order valence-electron chi connectivity index (χ0n) is 24.3. The number of rotatable bonds is 13. The molecule has 3 rings (SSSR count). The minimum Gasteiger partial charge on any atom is -0.355 e. The molecule has 40 heavy (non-hydrogen) atoms. The fourth-order valence-electron chi connectivity index (χ4n) is 4.66. The average Bonchev–Trinajstić information content (AvgIpc) is 2.97. The molecule has 0 fully saturated rings. The topological polar surface area (TPSA) is 81.8 Å².